The van der Waals surface area contributed by atoms with Crippen LogP contribution in [0.4, 0.5) is 13.2 Å². The molecule has 0 fully saturated rings. The van der Waals surface area contributed by atoms with Crippen LogP contribution >= 0.6 is 11.3 Å². The molecule has 8 heteroatoms. The largest absolute Gasteiger partial charge is 0.416 e. The van der Waals surface area contributed by atoms with Gasteiger partial charge in [0.1, 0.15) is 0 Å². The second-order valence-corrected chi connectivity index (χ2v) is 8.07. The van der Waals surface area contributed by atoms with E-state index in [0.29, 0.717) is 0 Å². The molecule has 1 heterocycles. The Morgan fingerprint density at radius 1 is 1.09 bits per heavy atom. The van der Waals surface area contributed by atoms with Crippen LogP contribution in [0.15, 0.2) is 46.7 Å². The Labute approximate surface area is 137 Å². The van der Waals surface area contributed by atoms with E-state index in [1.807, 2.05) is 31.4 Å². The summed E-state index contributed by atoms with van der Waals surface area (Å²) in [6, 6.07) is 6.69. The Morgan fingerprint density at radius 2 is 1.70 bits per heavy atom. The predicted molar refractivity (Wildman–Crippen MR) is 83.7 cm³/mol. The lowest BCUT2D eigenvalue weighted by molar-refractivity contribution is -0.137. The fourth-order valence-corrected chi connectivity index (χ4v) is 4.44. The minimum absolute atomic E-state index is 0.00197. The number of hydrogen-bond acceptors (Lipinski definition) is 3. The van der Waals surface area contributed by atoms with Crippen LogP contribution in [-0.2, 0) is 16.2 Å². The Balaban J connectivity index is 2.27. The zero-order valence-corrected chi connectivity index (χ0v) is 14.1. The van der Waals surface area contributed by atoms with Crippen LogP contribution in [0.5, 0.6) is 0 Å². The Bertz CT molecular complexity index is 736. The molecule has 0 aliphatic heterocycles. The van der Waals surface area contributed by atoms with Crippen LogP contribution in [0.25, 0.3) is 0 Å². The van der Waals surface area contributed by atoms with Crippen molar-refractivity contribution >= 4 is 21.4 Å². The summed E-state index contributed by atoms with van der Waals surface area (Å²) in [6.45, 7) is 3.75. The zero-order valence-electron chi connectivity index (χ0n) is 12.5. The van der Waals surface area contributed by atoms with E-state index in [1.165, 1.54) is 11.3 Å². The lowest BCUT2D eigenvalue weighted by Gasteiger charge is -2.21. The van der Waals surface area contributed by atoms with Crippen molar-refractivity contribution in [3.63, 3.8) is 0 Å². The Hall–Kier alpha value is -1.38. The molecule has 126 valence electrons. The van der Waals surface area contributed by atoms with Gasteiger partial charge in [-0.05, 0) is 41.6 Å². The van der Waals surface area contributed by atoms with Gasteiger partial charge in [-0.3, -0.25) is 0 Å². The number of benzene rings is 1. The normalized spacial score (nSPS) is 14.2. The van der Waals surface area contributed by atoms with E-state index in [4.69, 9.17) is 0 Å². The van der Waals surface area contributed by atoms with E-state index < -0.39 is 27.8 Å². The third kappa shape index (κ3) is 4.33. The van der Waals surface area contributed by atoms with Gasteiger partial charge in [-0.2, -0.15) is 13.2 Å². The van der Waals surface area contributed by atoms with E-state index in [2.05, 4.69) is 4.72 Å². The Morgan fingerprint density at radius 3 is 2.13 bits per heavy atom. The van der Waals surface area contributed by atoms with Crippen molar-refractivity contribution in [2.24, 2.45) is 5.92 Å². The minimum atomic E-state index is -4.49. The third-order valence-corrected chi connectivity index (χ3v) is 5.70. The first-order valence-electron chi connectivity index (χ1n) is 6.84. The van der Waals surface area contributed by atoms with Crippen molar-refractivity contribution in [3.8, 4) is 0 Å². The molecule has 1 atom stereocenters. The fourth-order valence-electron chi connectivity index (χ4n) is 2.05. The Kier molecular flexibility index (Phi) is 5.17. The number of halogens is 3. The van der Waals surface area contributed by atoms with Gasteiger partial charge in [0.05, 0.1) is 16.5 Å². The van der Waals surface area contributed by atoms with Gasteiger partial charge in [0, 0.05) is 4.88 Å². The molecule has 1 N–H and O–H groups in total. The molecule has 3 nitrogen and oxygen atoms in total. The first kappa shape index (κ1) is 18.0. The average Bonchev–Trinajstić information content (AvgIpc) is 2.97. The van der Waals surface area contributed by atoms with Crippen molar-refractivity contribution in [2.75, 3.05) is 0 Å². The minimum Gasteiger partial charge on any atom is -0.207 e. The fraction of sp³-hybridized carbons (Fsp3) is 0.333. The topological polar surface area (TPSA) is 46.2 Å². The second kappa shape index (κ2) is 6.62. The molecule has 2 rings (SSSR count). The predicted octanol–water partition coefficient (Wildman–Crippen LogP) is 4.44. The standard InChI is InChI=1S/C15H16F3NO2S2/c1-10(2)14(13-4-3-9-22-13)19-23(20,21)12-7-5-11(6-8-12)15(16,17)18/h3-10,14,19H,1-2H3/t14-/m0/s1. The molecule has 1 aromatic heterocycles. The van der Waals surface area contributed by atoms with Gasteiger partial charge in [0.15, 0.2) is 0 Å². The number of thiophene rings is 1. The number of hydrogen-bond donors (Lipinski definition) is 1. The van der Waals surface area contributed by atoms with Crippen LogP contribution in [0.1, 0.15) is 30.3 Å². The lowest BCUT2D eigenvalue weighted by atomic mass is 10.0. The summed E-state index contributed by atoms with van der Waals surface area (Å²) in [6.07, 6.45) is -4.49. The molecule has 0 saturated carbocycles. The van der Waals surface area contributed by atoms with E-state index in [0.717, 1.165) is 29.1 Å². The third-order valence-electron chi connectivity index (χ3n) is 3.29. The molecule has 23 heavy (non-hydrogen) atoms. The molecule has 0 unspecified atom stereocenters. The smallest absolute Gasteiger partial charge is 0.207 e. The summed E-state index contributed by atoms with van der Waals surface area (Å²) < 4.78 is 65.1. The summed E-state index contributed by atoms with van der Waals surface area (Å²) in [5.41, 5.74) is -0.880. The maximum Gasteiger partial charge on any atom is 0.416 e. The highest BCUT2D eigenvalue weighted by Gasteiger charge is 2.31. The van der Waals surface area contributed by atoms with Crippen molar-refractivity contribution < 1.29 is 21.6 Å². The van der Waals surface area contributed by atoms with E-state index in [1.54, 1.807) is 0 Å². The molecule has 2 aromatic rings. The highest BCUT2D eigenvalue weighted by atomic mass is 32.2. The first-order chi connectivity index (χ1) is 10.6. The summed E-state index contributed by atoms with van der Waals surface area (Å²) in [4.78, 5) is 0.670. The van der Waals surface area contributed by atoms with Gasteiger partial charge >= 0.3 is 6.18 Å². The molecule has 0 bridgehead atoms. The van der Waals surface area contributed by atoms with Crippen LogP contribution in [0.2, 0.25) is 0 Å². The number of rotatable bonds is 5. The second-order valence-electron chi connectivity index (χ2n) is 5.38. The van der Waals surface area contributed by atoms with E-state index >= 15 is 0 Å². The summed E-state index contributed by atoms with van der Waals surface area (Å²) in [7, 11) is -3.90. The highest BCUT2D eigenvalue weighted by molar-refractivity contribution is 7.89. The van der Waals surface area contributed by atoms with Gasteiger partial charge in [-0.1, -0.05) is 19.9 Å². The number of alkyl halides is 3. The van der Waals surface area contributed by atoms with Crippen LogP contribution in [0.3, 0.4) is 0 Å². The van der Waals surface area contributed by atoms with Gasteiger partial charge < -0.3 is 0 Å². The maximum atomic E-state index is 12.6. The molecule has 0 radical (unpaired) electrons. The molecule has 0 amide bonds. The summed E-state index contributed by atoms with van der Waals surface area (Å²) in [5.74, 6) is -0.00197. The molecule has 0 aliphatic carbocycles. The van der Waals surface area contributed by atoms with E-state index in [-0.39, 0.29) is 10.8 Å². The van der Waals surface area contributed by atoms with Gasteiger partial charge in [0.2, 0.25) is 10.0 Å². The van der Waals surface area contributed by atoms with Crippen LogP contribution < -0.4 is 4.72 Å². The molecule has 0 saturated heterocycles. The SMILES string of the molecule is CC(C)[C@H](NS(=O)(=O)c1ccc(C(F)(F)F)cc1)c1cccs1. The van der Waals surface area contributed by atoms with Crippen molar-refractivity contribution in [1.29, 1.82) is 0 Å². The first-order valence-corrected chi connectivity index (χ1v) is 9.20. The van der Waals surface area contributed by atoms with Crippen LogP contribution in [-0.4, -0.2) is 8.42 Å². The monoisotopic (exact) mass is 363 g/mol. The van der Waals surface area contributed by atoms with Gasteiger partial charge in [0.25, 0.3) is 0 Å². The van der Waals surface area contributed by atoms with Gasteiger partial charge in [-0.15, -0.1) is 11.3 Å². The maximum absolute atomic E-state index is 12.6. The van der Waals surface area contributed by atoms with Crippen molar-refractivity contribution in [3.05, 3.63) is 52.2 Å². The molecular weight excluding hydrogens is 347 g/mol. The molecule has 0 aliphatic rings. The summed E-state index contributed by atoms with van der Waals surface area (Å²) >= 11 is 1.43. The quantitative estimate of drug-likeness (QED) is 0.853. The average molecular weight is 363 g/mol. The lowest BCUT2D eigenvalue weighted by Crippen LogP contribution is -2.31. The molecule has 1 aromatic carbocycles. The zero-order chi connectivity index (χ0) is 17.3. The number of sulfonamides is 1. The van der Waals surface area contributed by atoms with Gasteiger partial charge in [-0.25, -0.2) is 13.1 Å². The molecule has 0 spiro atoms. The van der Waals surface area contributed by atoms with Crippen molar-refractivity contribution in [2.45, 2.75) is 31.0 Å². The summed E-state index contributed by atoms with van der Waals surface area (Å²) in [5, 5.41) is 1.84. The van der Waals surface area contributed by atoms with Crippen molar-refractivity contribution in [1.82, 2.24) is 4.72 Å². The van der Waals surface area contributed by atoms with E-state index in [9.17, 15) is 21.6 Å². The highest BCUT2D eigenvalue weighted by Crippen LogP contribution is 2.31. The molecular formula is C15H16F3NO2S2. The number of nitrogens with one attached hydrogen (secondary N) is 1. The van der Waals surface area contributed by atoms with Crippen LogP contribution in [0, 0.1) is 5.92 Å².